The third-order valence-electron chi connectivity index (χ3n) is 4.60. The maximum Gasteiger partial charge on any atom is 0.227 e. The predicted molar refractivity (Wildman–Crippen MR) is 82.0 cm³/mol. The number of carbonyl (C=O) groups is 2. The highest BCUT2D eigenvalue weighted by Crippen LogP contribution is 2.28. The Bertz CT molecular complexity index is 549. The average Bonchev–Trinajstić information content (AvgIpc) is 3.09. The van der Waals surface area contributed by atoms with Crippen molar-refractivity contribution in [1.29, 1.82) is 0 Å². The highest BCUT2D eigenvalue weighted by Gasteiger charge is 2.36. The van der Waals surface area contributed by atoms with Gasteiger partial charge in [0.2, 0.25) is 11.8 Å². The van der Waals surface area contributed by atoms with E-state index in [0.717, 1.165) is 24.1 Å². The lowest BCUT2D eigenvalue weighted by atomic mass is 10.1. The monoisotopic (exact) mass is 286 g/mol. The van der Waals surface area contributed by atoms with E-state index < -0.39 is 0 Å². The SMILES string of the molecule is Cc1ccccc1N1C[C@@H](C(=O)NC2CCCC2)CC1=O. The third kappa shape index (κ3) is 2.94. The molecule has 1 aromatic carbocycles. The van der Waals surface area contributed by atoms with Crippen molar-refractivity contribution in [2.45, 2.75) is 45.1 Å². The molecule has 0 unspecified atom stereocenters. The van der Waals surface area contributed by atoms with Gasteiger partial charge in [0.05, 0.1) is 5.92 Å². The molecule has 0 bridgehead atoms. The maximum absolute atomic E-state index is 12.3. The topological polar surface area (TPSA) is 49.4 Å². The zero-order valence-corrected chi connectivity index (χ0v) is 12.5. The van der Waals surface area contributed by atoms with Crippen LogP contribution in [0.25, 0.3) is 0 Å². The van der Waals surface area contributed by atoms with Crippen LogP contribution in [0.1, 0.15) is 37.7 Å². The molecule has 1 saturated carbocycles. The molecule has 1 aliphatic carbocycles. The standard InChI is InChI=1S/C17H22N2O2/c1-12-6-2-5-9-15(12)19-11-13(10-16(19)20)17(21)18-14-7-3-4-8-14/h2,5-6,9,13-14H,3-4,7-8,10-11H2,1H3,(H,18,21)/t13-/m0/s1. The van der Waals surface area contributed by atoms with Crippen LogP contribution in [0.4, 0.5) is 5.69 Å². The number of para-hydroxylation sites is 1. The Morgan fingerprint density at radius 3 is 2.67 bits per heavy atom. The Morgan fingerprint density at radius 1 is 1.24 bits per heavy atom. The molecule has 1 N–H and O–H groups in total. The van der Waals surface area contributed by atoms with E-state index in [1.54, 1.807) is 4.90 Å². The van der Waals surface area contributed by atoms with Crippen LogP contribution < -0.4 is 10.2 Å². The highest BCUT2D eigenvalue weighted by atomic mass is 16.2. The summed E-state index contributed by atoms with van der Waals surface area (Å²) in [5.41, 5.74) is 2.00. The Kier molecular flexibility index (Phi) is 3.95. The quantitative estimate of drug-likeness (QED) is 0.927. The van der Waals surface area contributed by atoms with E-state index in [0.29, 0.717) is 19.0 Å². The maximum atomic E-state index is 12.3. The summed E-state index contributed by atoms with van der Waals surface area (Å²) in [5.74, 6) is -0.111. The fourth-order valence-corrected chi connectivity index (χ4v) is 3.37. The van der Waals surface area contributed by atoms with Crippen LogP contribution in [0.3, 0.4) is 0 Å². The second kappa shape index (κ2) is 5.88. The number of rotatable bonds is 3. The van der Waals surface area contributed by atoms with Gasteiger partial charge in [0.15, 0.2) is 0 Å². The average molecular weight is 286 g/mol. The Balaban J connectivity index is 1.67. The molecule has 3 rings (SSSR count). The lowest BCUT2D eigenvalue weighted by Gasteiger charge is -2.19. The Labute approximate surface area is 125 Å². The minimum Gasteiger partial charge on any atom is -0.353 e. The first-order valence-corrected chi connectivity index (χ1v) is 7.81. The summed E-state index contributed by atoms with van der Waals surface area (Å²) in [6.45, 7) is 2.50. The first-order chi connectivity index (χ1) is 10.1. The van der Waals surface area contributed by atoms with E-state index in [-0.39, 0.29) is 17.7 Å². The molecule has 2 fully saturated rings. The van der Waals surface area contributed by atoms with E-state index in [9.17, 15) is 9.59 Å². The summed E-state index contributed by atoms with van der Waals surface area (Å²) < 4.78 is 0. The van der Waals surface area contributed by atoms with Crippen LogP contribution in [0.5, 0.6) is 0 Å². The van der Waals surface area contributed by atoms with E-state index in [1.807, 2.05) is 31.2 Å². The Morgan fingerprint density at radius 2 is 1.95 bits per heavy atom. The van der Waals surface area contributed by atoms with E-state index >= 15 is 0 Å². The number of benzene rings is 1. The van der Waals surface area contributed by atoms with Crippen molar-refractivity contribution < 1.29 is 9.59 Å². The van der Waals surface area contributed by atoms with Crippen molar-refractivity contribution in [3.63, 3.8) is 0 Å². The summed E-state index contributed by atoms with van der Waals surface area (Å²) in [5, 5.41) is 3.11. The van der Waals surface area contributed by atoms with Crippen LogP contribution in [0, 0.1) is 12.8 Å². The van der Waals surface area contributed by atoms with Crippen molar-refractivity contribution in [2.24, 2.45) is 5.92 Å². The van der Waals surface area contributed by atoms with Gasteiger partial charge in [-0.05, 0) is 31.4 Å². The second-order valence-corrected chi connectivity index (χ2v) is 6.18. The molecule has 1 aromatic rings. The van der Waals surface area contributed by atoms with Gasteiger partial charge in [0, 0.05) is 24.7 Å². The molecule has 2 amide bonds. The van der Waals surface area contributed by atoms with Crippen LogP contribution in [-0.4, -0.2) is 24.4 Å². The number of carbonyl (C=O) groups excluding carboxylic acids is 2. The van der Waals surface area contributed by atoms with Gasteiger partial charge in [-0.1, -0.05) is 31.0 Å². The van der Waals surface area contributed by atoms with Crippen molar-refractivity contribution in [3.8, 4) is 0 Å². The Hall–Kier alpha value is -1.84. The molecule has 0 aromatic heterocycles. The van der Waals surface area contributed by atoms with Gasteiger partial charge in [0.1, 0.15) is 0 Å². The molecule has 1 heterocycles. The summed E-state index contributed by atoms with van der Waals surface area (Å²) in [6.07, 6.45) is 4.88. The second-order valence-electron chi connectivity index (χ2n) is 6.18. The fourth-order valence-electron chi connectivity index (χ4n) is 3.37. The molecule has 4 heteroatoms. The van der Waals surface area contributed by atoms with Crippen molar-refractivity contribution in [2.75, 3.05) is 11.4 Å². The fraction of sp³-hybridized carbons (Fsp3) is 0.529. The number of hydrogen-bond donors (Lipinski definition) is 1. The lowest BCUT2D eigenvalue weighted by molar-refractivity contribution is -0.126. The highest BCUT2D eigenvalue weighted by molar-refractivity contribution is 6.00. The van der Waals surface area contributed by atoms with Crippen molar-refractivity contribution in [1.82, 2.24) is 5.32 Å². The molecule has 21 heavy (non-hydrogen) atoms. The van der Waals surface area contributed by atoms with Gasteiger partial charge in [-0.3, -0.25) is 9.59 Å². The van der Waals surface area contributed by atoms with Gasteiger partial charge in [-0.25, -0.2) is 0 Å². The number of nitrogens with one attached hydrogen (secondary N) is 1. The molecular weight excluding hydrogens is 264 g/mol. The van der Waals surface area contributed by atoms with Crippen LogP contribution in [0.15, 0.2) is 24.3 Å². The first-order valence-electron chi connectivity index (χ1n) is 7.81. The third-order valence-corrected chi connectivity index (χ3v) is 4.60. The number of anilines is 1. The minimum absolute atomic E-state index is 0.0475. The molecule has 0 radical (unpaired) electrons. The molecule has 1 atom stereocenters. The molecular formula is C17H22N2O2. The van der Waals surface area contributed by atoms with E-state index in [4.69, 9.17) is 0 Å². The van der Waals surface area contributed by atoms with Gasteiger partial charge in [0.25, 0.3) is 0 Å². The summed E-state index contributed by atoms with van der Waals surface area (Å²) >= 11 is 0. The van der Waals surface area contributed by atoms with Gasteiger partial charge in [-0.15, -0.1) is 0 Å². The van der Waals surface area contributed by atoms with Crippen molar-refractivity contribution in [3.05, 3.63) is 29.8 Å². The molecule has 1 aliphatic heterocycles. The van der Waals surface area contributed by atoms with Crippen molar-refractivity contribution >= 4 is 17.5 Å². The molecule has 4 nitrogen and oxygen atoms in total. The predicted octanol–water partition coefficient (Wildman–Crippen LogP) is 2.41. The zero-order valence-electron chi connectivity index (χ0n) is 12.5. The largest absolute Gasteiger partial charge is 0.353 e. The number of amides is 2. The lowest BCUT2D eigenvalue weighted by Crippen LogP contribution is -2.38. The van der Waals surface area contributed by atoms with E-state index in [2.05, 4.69) is 5.32 Å². The summed E-state index contributed by atoms with van der Waals surface area (Å²) in [7, 11) is 0. The zero-order chi connectivity index (χ0) is 14.8. The van der Waals surface area contributed by atoms with Crippen LogP contribution in [-0.2, 0) is 9.59 Å². The first kappa shape index (κ1) is 14.1. The normalized spacial score (nSPS) is 22.8. The van der Waals surface area contributed by atoms with Gasteiger partial charge < -0.3 is 10.2 Å². The van der Waals surface area contributed by atoms with Crippen LogP contribution in [0.2, 0.25) is 0 Å². The van der Waals surface area contributed by atoms with Crippen LogP contribution >= 0.6 is 0 Å². The minimum atomic E-state index is -0.210. The summed E-state index contributed by atoms with van der Waals surface area (Å²) in [4.78, 5) is 26.3. The van der Waals surface area contributed by atoms with E-state index in [1.165, 1.54) is 12.8 Å². The molecule has 112 valence electrons. The summed E-state index contributed by atoms with van der Waals surface area (Å²) in [6, 6.07) is 8.16. The van der Waals surface area contributed by atoms with Gasteiger partial charge in [-0.2, -0.15) is 0 Å². The smallest absolute Gasteiger partial charge is 0.227 e. The molecule has 2 aliphatic rings. The molecule has 0 spiro atoms. The molecule has 1 saturated heterocycles. The number of nitrogens with zero attached hydrogens (tertiary/aromatic N) is 1. The number of aryl methyl sites for hydroxylation is 1. The van der Waals surface area contributed by atoms with Gasteiger partial charge >= 0.3 is 0 Å². The number of hydrogen-bond acceptors (Lipinski definition) is 2.